The van der Waals surface area contributed by atoms with E-state index in [0.717, 1.165) is 11.3 Å². The lowest BCUT2D eigenvalue weighted by atomic mass is 9.94. The Hall–Kier alpha value is -5.03. The second-order valence-corrected chi connectivity index (χ2v) is 10.2. The van der Waals surface area contributed by atoms with Crippen molar-refractivity contribution in [3.05, 3.63) is 109 Å². The largest absolute Gasteiger partial charge is 0.507 e. The zero-order valence-corrected chi connectivity index (χ0v) is 24.2. The number of esters is 1. The first-order valence-corrected chi connectivity index (χ1v) is 13.9. The van der Waals surface area contributed by atoms with Crippen LogP contribution in [0.5, 0.6) is 17.2 Å². The first-order valence-electron chi connectivity index (χ1n) is 13.1. The van der Waals surface area contributed by atoms with Gasteiger partial charge in [0.1, 0.15) is 23.3 Å². The van der Waals surface area contributed by atoms with Crippen LogP contribution in [0.15, 0.2) is 98.0 Å². The molecule has 0 saturated heterocycles. The molecule has 1 aromatic heterocycles. The number of ether oxygens (including phenoxy) is 3. The first-order chi connectivity index (χ1) is 20.3. The highest BCUT2D eigenvalue weighted by molar-refractivity contribution is 7.07. The normalized spacial score (nSPS) is 15.0. The first kappa shape index (κ1) is 28.5. The van der Waals surface area contributed by atoms with E-state index in [0.29, 0.717) is 49.0 Å². The van der Waals surface area contributed by atoms with Crippen LogP contribution in [0.2, 0.25) is 0 Å². The average molecular weight is 585 g/mol. The third-order valence-corrected chi connectivity index (χ3v) is 7.57. The quantitative estimate of drug-likeness (QED) is 0.231. The number of hydrogen-bond donors (Lipinski definition) is 1. The lowest BCUT2D eigenvalue weighted by molar-refractivity contribution is -0.139. The number of allylic oxidation sites excluding steroid dienone is 1. The maximum atomic E-state index is 13.9. The molecule has 1 N–H and O–H groups in total. The highest BCUT2D eigenvalue weighted by Gasteiger charge is 2.35. The molecule has 4 aromatic rings. The Morgan fingerprint density at radius 2 is 1.81 bits per heavy atom. The van der Waals surface area contributed by atoms with Crippen LogP contribution < -0.4 is 24.4 Å². The number of methoxy groups -OCH3 is 2. The molecule has 42 heavy (non-hydrogen) atoms. The van der Waals surface area contributed by atoms with E-state index in [9.17, 15) is 14.7 Å². The van der Waals surface area contributed by atoms with Gasteiger partial charge in [-0.3, -0.25) is 9.36 Å². The molecule has 0 aliphatic carbocycles. The number of phenols is 1. The number of aromatic nitrogens is 1. The van der Waals surface area contributed by atoms with Gasteiger partial charge in [-0.25, -0.2) is 9.79 Å². The minimum absolute atomic E-state index is 0.0697. The third kappa shape index (κ3) is 5.59. The van der Waals surface area contributed by atoms with E-state index in [1.807, 2.05) is 30.3 Å². The number of rotatable bonds is 8. The second-order valence-electron chi connectivity index (χ2n) is 9.19. The van der Waals surface area contributed by atoms with E-state index in [1.165, 1.54) is 24.9 Å². The number of carbonyl (C=O) groups excluding carboxylic acids is 1. The van der Waals surface area contributed by atoms with Gasteiger partial charge in [0.2, 0.25) is 0 Å². The summed E-state index contributed by atoms with van der Waals surface area (Å²) in [6.07, 6.45) is 1.58. The smallest absolute Gasteiger partial charge is 0.338 e. The Balaban J connectivity index is 1.63. The zero-order chi connectivity index (χ0) is 29.8. The van der Waals surface area contributed by atoms with E-state index in [4.69, 9.17) is 14.2 Å². The number of nitrogens with zero attached hydrogens (tertiary/aromatic N) is 4. The van der Waals surface area contributed by atoms with E-state index >= 15 is 0 Å². The van der Waals surface area contributed by atoms with Crippen molar-refractivity contribution in [3.8, 4) is 17.2 Å². The molecule has 0 fully saturated rings. The molecule has 0 unspecified atom stereocenters. The summed E-state index contributed by atoms with van der Waals surface area (Å²) in [5.74, 6) is 0.338. The summed E-state index contributed by atoms with van der Waals surface area (Å²) in [4.78, 5) is 32.1. The average Bonchev–Trinajstić information content (AvgIpc) is 3.30. The molecule has 0 radical (unpaired) electrons. The molecule has 0 amide bonds. The van der Waals surface area contributed by atoms with Gasteiger partial charge < -0.3 is 19.3 Å². The summed E-state index contributed by atoms with van der Waals surface area (Å²) in [6, 6.07) is 18.4. The van der Waals surface area contributed by atoms with Crippen LogP contribution in [0, 0.1) is 0 Å². The number of fused-ring (bicyclic) bond motifs is 1. The topological polar surface area (TPSA) is 124 Å². The highest BCUT2D eigenvalue weighted by Crippen LogP contribution is 2.38. The number of benzene rings is 3. The van der Waals surface area contributed by atoms with Crippen molar-refractivity contribution in [2.75, 3.05) is 20.8 Å². The number of azo groups is 1. The molecule has 1 aliphatic heterocycles. The number of carbonyl (C=O) groups is 1. The molecule has 0 bridgehead atoms. The van der Waals surface area contributed by atoms with E-state index in [2.05, 4.69) is 15.2 Å². The van der Waals surface area contributed by atoms with Gasteiger partial charge >= 0.3 is 5.97 Å². The van der Waals surface area contributed by atoms with Crippen molar-refractivity contribution in [1.82, 2.24) is 4.57 Å². The number of hydrogen-bond acceptors (Lipinski definition) is 10. The molecule has 5 rings (SSSR count). The summed E-state index contributed by atoms with van der Waals surface area (Å²) in [5.41, 5.74) is 2.34. The standard InChI is InChI=1S/C31H28N4O6S/c1-5-41-30(38)27-18(2)32-31-35(28(27)23-17-22(39-3)13-14-25(23)40-4)29(37)26(42-31)15-19-11-12-21(16-24(19)36)34-33-20-9-7-6-8-10-20/h6-17,28,36H,5H2,1-4H3/b26-15-,34-33?/t28-/m0/s1. The van der Waals surface area contributed by atoms with E-state index in [-0.39, 0.29) is 17.9 Å². The third-order valence-electron chi connectivity index (χ3n) is 6.59. The van der Waals surface area contributed by atoms with E-state index < -0.39 is 17.6 Å². The van der Waals surface area contributed by atoms with Crippen LogP contribution in [0.3, 0.4) is 0 Å². The van der Waals surface area contributed by atoms with Crippen LogP contribution in [0.1, 0.15) is 31.0 Å². The van der Waals surface area contributed by atoms with Gasteiger partial charge in [0, 0.05) is 17.2 Å². The molecule has 0 saturated carbocycles. The van der Waals surface area contributed by atoms with Crippen LogP contribution in [0.4, 0.5) is 11.4 Å². The molecule has 2 heterocycles. The van der Waals surface area contributed by atoms with Gasteiger partial charge in [0.15, 0.2) is 4.80 Å². The lowest BCUT2D eigenvalue weighted by Gasteiger charge is -2.26. The SMILES string of the molecule is CCOC(=O)C1=C(C)N=c2s/c(=C\c3ccc(N=Nc4ccccc4)cc3O)c(=O)n2[C@H]1c1cc(OC)ccc1OC. The molecule has 1 aliphatic rings. The van der Waals surface area contributed by atoms with Crippen molar-refractivity contribution >= 4 is 34.8 Å². The van der Waals surface area contributed by atoms with Gasteiger partial charge in [-0.1, -0.05) is 29.5 Å². The van der Waals surface area contributed by atoms with Crippen LogP contribution >= 0.6 is 11.3 Å². The van der Waals surface area contributed by atoms with Crippen LogP contribution in [-0.4, -0.2) is 36.5 Å². The Kier molecular flexibility index (Phi) is 8.30. The Labute approximate surface area is 245 Å². The minimum Gasteiger partial charge on any atom is -0.507 e. The van der Waals surface area contributed by atoms with Crippen molar-refractivity contribution in [2.24, 2.45) is 15.2 Å². The molecule has 3 aromatic carbocycles. The molecule has 11 heteroatoms. The highest BCUT2D eigenvalue weighted by atomic mass is 32.1. The summed E-state index contributed by atoms with van der Waals surface area (Å²) in [7, 11) is 3.05. The zero-order valence-electron chi connectivity index (χ0n) is 23.4. The molecular weight excluding hydrogens is 556 g/mol. The summed E-state index contributed by atoms with van der Waals surface area (Å²) >= 11 is 1.15. The second kappa shape index (κ2) is 12.2. The minimum atomic E-state index is -0.887. The maximum absolute atomic E-state index is 13.9. The van der Waals surface area contributed by atoms with Gasteiger partial charge in [-0.15, -0.1) is 0 Å². The number of thiazole rings is 1. The van der Waals surface area contributed by atoms with Crippen LogP contribution in [0.25, 0.3) is 6.08 Å². The Morgan fingerprint density at radius 3 is 2.50 bits per heavy atom. The van der Waals surface area contributed by atoms with Crippen LogP contribution in [-0.2, 0) is 9.53 Å². The predicted octanol–water partition coefficient (Wildman–Crippen LogP) is 4.94. The molecular formula is C31H28N4O6S. The maximum Gasteiger partial charge on any atom is 0.338 e. The summed E-state index contributed by atoms with van der Waals surface area (Å²) in [5, 5.41) is 19.1. The van der Waals surface area contributed by atoms with Crippen molar-refractivity contribution in [1.29, 1.82) is 0 Å². The van der Waals surface area contributed by atoms with Gasteiger partial charge in [0.05, 0.1) is 48.0 Å². The monoisotopic (exact) mass is 584 g/mol. The summed E-state index contributed by atoms with van der Waals surface area (Å²) < 4.78 is 18.2. The van der Waals surface area contributed by atoms with Crippen molar-refractivity contribution < 1.29 is 24.1 Å². The van der Waals surface area contributed by atoms with Gasteiger partial charge in [-0.2, -0.15) is 10.2 Å². The number of aromatic hydroxyl groups is 1. The lowest BCUT2D eigenvalue weighted by Crippen LogP contribution is -2.40. The van der Waals surface area contributed by atoms with Crippen molar-refractivity contribution in [2.45, 2.75) is 19.9 Å². The van der Waals surface area contributed by atoms with Gasteiger partial charge in [-0.05, 0) is 62.4 Å². The van der Waals surface area contributed by atoms with Gasteiger partial charge in [0.25, 0.3) is 5.56 Å². The van der Waals surface area contributed by atoms with Crippen molar-refractivity contribution in [3.63, 3.8) is 0 Å². The predicted molar refractivity (Wildman–Crippen MR) is 159 cm³/mol. The Bertz CT molecular complexity index is 1890. The fraction of sp³-hybridized carbons (Fsp3) is 0.194. The fourth-order valence-electron chi connectivity index (χ4n) is 4.61. The molecule has 214 valence electrons. The molecule has 1 atom stereocenters. The summed E-state index contributed by atoms with van der Waals surface area (Å²) in [6.45, 7) is 3.57. The molecule has 0 spiro atoms. The number of phenolic OH excluding ortho intramolecular Hbond substituents is 1. The Morgan fingerprint density at radius 1 is 1.05 bits per heavy atom. The van der Waals surface area contributed by atoms with E-state index in [1.54, 1.807) is 50.3 Å². The fourth-order valence-corrected chi connectivity index (χ4v) is 5.64. The molecule has 10 nitrogen and oxygen atoms in total.